The van der Waals surface area contributed by atoms with E-state index in [0.717, 1.165) is 10.5 Å². The quantitative estimate of drug-likeness (QED) is 0.244. The monoisotopic (exact) mass is 536 g/mol. The van der Waals surface area contributed by atoms with Gasteiger partial charge in [0.25, 0.3) is 5.91 Å². The van der Waals surface area contributed by atoms with Crippen LogP contribution in [0.1, 0.15) is 33.3 Å². The smallest absolute Gasteiger partial charge is 0.330 e. The molecule has 2 amide bonds. The molecule has 2 heterocycles. The van der Waals surface area contributed by atoms with Gasteiger partial charge < -0.3 is 29.1 Å². The topological polar surface area (TPSA) is 140 Å². The molecule has 2 aliphatic rings. The molecule has 37 heavy (non-hydrogen) atoms. The van der Waals surface area contributed by atoms with Crippen molar-refractivity contribution in [3.8, 4) is 0 Å². The zero-order chi connectivity index (χ0) is 27.3. The van der Waals surface area contributed by atoms with E-state index in [0.29, 0.717) is 0 Å². The Morgan fingerprint density at radius 2 is 1.59 bits per heavy atom. The number of benzene rings is 1. The number of fused-ring (bicyclic) bond motifs is 1. The van der Waals surface area contributed by atoms with Gasteiger partial charge in [0.05, 0.1) is 18.6 Å². The van der Waals surface area contributed by atoms with Crippen LogP contribution in [0.25, 0.3) is 0 Å². The van der Waals surface area contributed by atoms with Crippen LogP contribution >= 0.6 is 11.8 Å². The molecule has 2 fully saturated rings. The lowest BCUT2D eigenvalue weighted by atomic mass is 9.87. The van der Waals surface area contributed by atoms with Gasteiger partial charge in [0.1, 0.15) is 37.8 Å². The van der Waals surface area contributed by atoms with Crippen molar-refractivity contribution < 1.29 is 43.3 Å². The molecule has 0 unspecified atom stereocenters. The average Bonchev–Trinajstić information content (AvgIpc) is 3.09. The number of aliphatic hydroxyl groups is 1. The maximum absolute atomic E-state index is 13.1. The summed E-state index contributed by atoms with van der Waals surface area (Å²) in [7, 11) is 0. The van der Waals surface area contributed by atoms with Gasteiger partial charge in [-0.2, -0.15) is 0 Å². The number of rotatable bonds is 11. The minimum atomic E-state index is -1.83. The van der Waals surface area contributed by atoms with Gasteiger partial charge in [-0.25, -0.2) is 4.79 Å². The number of ether oxygens (including phenoxy) is 3. The van der Waals surface area contributed by atoms with Gasteiger partial charge in [-0.05, 0) is 33.3 Å². The predicted octanol–water partition coefficient (Wildman–Crippen LogP) is 0.724. The number of carbonyl (C=O) groups excluding carboxylic acids is 5. The van der Waals surface area contributed by atoms with E-state index in [1.165, 1.54) is 16.7 Å². The van der Waals surface area contributed by atoms with Crippen molar-refractivity contribution in [1.29, 1.82) is 0 Å². The van der Waals surface area contributed by atoms with Gasteiger partial charge in [0.2, 0.25) is 5.91 Å². The number of hydrogen-bond acceptors (Lipinski definition) is 10. The normalized spacial score (nSPS) is 22.4. The Bertz CT molecular complexity index is 1010. The molecule has 2 aliphatic heterocycles. The van der Waals surface area contributed by atoms with Crippen LogP contribution in [0.15, 0.2) is 30.3 Å². The maximum Gasteiger partial charge on any atom is 0.330 e. The molecule has 1 aromatic carbocycles. The standard InChI is InChI=1S/C25H32N2O9S/c1-5-34-16(28)12-26(13-17(29)35-6-2)22(32)19(30)18-21(31)27-20(25(3,4)37-23(18)27)24(33)36-14-15-10-8-7-9-11-15/h7-11,18-20,23,30H,5-6,12-14H2,1-4H3/t18-,19+,20+,23-/m1/s1. The first-order valence-electron chi connectivity index (χ1n) is 12.0. The fourth-order valence-electron chi connectivity index (χ4n) is 4.40. The van der Waals surface area contributed by atoms with E-state index in [1.807, 2.05) is 30.3 Å². The fourth-order valence-corrected chi connectivity index (χ4v) is 6.11. The summed E-state index contributed by atoms with van der Waals surface area (Å²) in [5, 5.41) is 10.2. The van der Waals surface area contributed by atoms with Crippen LogP contribution < -0.4 is 0 Å². The van der Waals surface area contributed by atoms with Crippen molar-refractivity contribution in [2.24, 2.45) is 5.92 Å². The van der Waals surface area contributed by atoms with Crippen LogP contribution in [-0.2, 0) is 44.8 Å². The molecule has 1 N–H and O–H groups in total. The van der Waals surface area contributed by atoms with Crippen molar-refractivity contribution in [2.75, 3.05) is 26.3 Å². The average molecular weight is 537 g/mol. The van der Waals surface area contributed by atoms with Gasteiger partial charge in [0.15, 0.2) is 0 Å². The van der Waals surface area contributed by atoms with Crippen LogP contribution in [0.2, 0.25) is 0 Å². The Balaban J connectivity index is 1.71. The summed E-state index contributed by atoms with van der Waals surface area (Å²) in [6, 6.07) is 8.21. The molecular weight excluding hydrogens is 504 g/mol. The first kappa shape index (κ1) is 28.5. The van der Waals surface area contributed by atoms with E-state index in [4.69, 9.17) is 14.2 Å². The van der Waals surface area contributed by atoms with E-state index in [9.17, 15) is 29.1 Å². The Morgan fingerprint density at radius 3 is 2.14 bits per heavy atom. The zero-order valence-corrected chi connectivity index (χ0v) is 22.1. The molecule has 0 bridgehead atoms. The van der Waals surface area contributed by atoms with E-state index in [1.54, 1.807) is 27.7 Å². The van der Waals surface area contributed by atoms with Crippen molar-refractivity contribution in [2.45, 2.75) is 56.6 Å². The molecule has 0 aliphatic carbocycles. The zero-order valence-electron chi connectivity index (χ0n) is 21.2. The lowest BCUT2D eigenvalue weighted by Gasteiger charge is -2.45. The molecule has 0 aromatic heterocycles. The number of hydrogen-bond donors (Lipinski definition) is 1. The van der Waals surface area contributed by atoms with Crippen LogP contribution in [0.4, 0.5) is 0 Å². The van der Waals surface area contributed by atoms with Gasteiger partial charge >= 0.3 is 17.9 Å². The third-order valence-electron chi connectivity index (χ3n) is 6.08. The summed E-state index contributed by atoms with van der Waals surface area (Å²) in [5.41, 5.74) is 0.799. The second-order valence-corrected chi connectivity index (χ2v) is 10.9. The van der Waals surface area contributed by atoms with E-state index in [2.05, 4.69) is 0 Å². The first-order chi connectivity index (χ1) is 17.5. The number of amides is 2. The summed E-state index contributed by atoms with van der Waals surface area (Å²) in [4.78, 5) is 65.4. The van der Waals surface area contributed by atoms with Gasteiger partial charge in [-0.15, -0.1) is 11.8 Å². The largest absolute Gasteiger partial charge is 0.465 e. The highest BCUT2D eigenvalue weighted by Crippen LogP contribution is 2.54. The second-order valence-electron chi connectivity index (χ2n) is 9.13. The third-order valence-corrected chi connectivity index (χ3v) is 7.68. The maximum atomic E-state index is 13.1. The highest BCUT2D eigenvalue weighted by atomic mass is 32.2. The molecule has 0 spiro atoms. The second kappa shape index (κ2) is 12.0. The third kappa shape index (κ3) is 6.24. The number of esters is 3. The summed E-state index contributed by atoms with van der Waals surface area (Å²) < 4.78 is 14.4. The van der Waals surface area contributed by atoms with Crippen LogP contribution in [0.3, 0.4) is 0 Å². The number of thioether (sulfide) groups is 1. The molecule has 202 valence electrons. The van der Waals surface area contributed by atoms with Crippen molar-refractivity contribution in [1.82, 2.24) is 9.80 Å². The summed E-state index contributed by atoms with van der Waals surface area (Å²) in [5.74, 6) is -4.85. The number of carbonyl (C=O) groups is 5. The number of β-lactam (4-membered cyclic amide) rings is 1. The summed E-state index contributed by atoms with van der Waals surface area (Å²) in [6.07, 6.45) is -1.83. The lowest BCUT2D eigenvalue weighted by Crippen LogP contribution is -2.67. The Morgan fingerprint density at radius 1 is 1.03 bits per heavy atom. The SMILES string of the molecule is CCOC(=O)CN(CC(=O)OCC)C(=O)[C@@H](O)[C@@H]1C(=O)N2[C@@H]1SC(C)(C)[C@@H]2C(=O)OCc1ccccc1. The van der Waals surface area contributed by atoms with E-state index < -0.39 is 71.0 Å². The van der Waals surface area contributed by atoms with Crippen molar-refractivity contribution in [3.05, 3.63) is 35.9 Å². The van der Waals surface area contributed by atoms with E-state index >= 15 is 0 Å². The minimum absolute atomic E-state index is 0.0465. The first-order valence-corrected chi connectivity index (χ1v) is 12.9. The highest BCUT2D eigenvalue weighted by molar-refractivity contribution is 8.01. The minimum Gasteiger partial charge on any atom is -0.465 e. The van der Waals surface area contributed by atoms with Crippen molar-refractivity contribution >= 4 is 41.5 Å². The molecule has 4 atom stereocenters. The lowest BCUT2D eigenvalue weighted by molar-refractivity contribution is -0.176. The molecule has 1 aromatic rings. The van der Waals surface area contributed by atoms with Gasteiger partial charge in [0, 0.05) is 4.75 Å². The van der Waals surface area contributed by atoms with Gasteiger partial charge in [-0.1, -0.05) is 30.3 Å². The predicted molar refractivity (Wildman–Crippen MR) is 132 cm³/mol. The molecule has 0 radical (unpaired) electrons. The molecule has 11 nitrogen and oxygen atoms in total. The highest BCUT2D eigenvalue weighted by Gasteiger charge is 2.66. The Labute approximate surface area is 219 Å². The number of nitrogens with zero attached hydrogens (tertiary/aromatic N) is 2. The molecule has 2 saturated heterocycles. The Hall–Kier alpha value is -3.12. The van der Waals surface area contributed by atoms with Crippen molar-refractivity contribution in [3.63, 3.8) is 0 Å². The van der Waals surface area contributed by atoms with Gasteiger partial charge in [-0.3, -0.25) is 19.2 Å². The Kier molecular flexibility index (Phi) is 9.19. The van der Waals surface area contributed by atoms with Crippen LogP contribution in [0, 0.1) is 5.92 Å². The summed E-state index contributed by atoms with van der Waals surface area (Å²) in [6.45, 7) is 5.75. The fraction of sp³-hybridized carbons (Fsp3) is 0.560. The van der Waals surface area contributed by atoms with E-state index in [-0.39, 0.29) is 19.8 Å². The molecule has 0 saturated carbocycles. The molecule has 3 rings (SSSR count). The molecular formula is C25H32N2O9S. The molecule has 12 heteroatoms. The number of aliphatic hydroxyl groups excluding tert-OH is 1. The summed E-state index contributed by atoms with van der Waals surface area (Å²) >= 11 is 1.28. The van der Waals surface area contributed by atoms with Crippen LogP contribution in [0.5, 0.6) is 0 Å². The van der Waals surface area contributed by atoms with Crippen LogP contribution in [-0.4, -0.2) is 93.2 Å².